The van der Waals surface area contributed by atoms with Crippen molar-refractivity contribution in [2.24, 2.45) is 0 Å². The molecule has 0 aliphatic carbocycles. The second-order valence-electron chi connectivity index (χ2n) is 7.79. The fraction of sp³-hybridized carbons (Fsp3) is 0.391. The topological polar surface area (TPSA) is 128 Å². The largest absolute Gasteiger partial charge is 0.573 e. The Kier molecular flexibility index (Phi) is 10.3. The summed E-state index contributed by atoms with van der Waals surface area (Å²) in [5.74, 6) is -0.874. The molecule has 0 fully saturated rings. The van der Waals surface area contributed by atoms with Crippen LogP contribution in [0.3, 0.4) is 0 Å². The summed E-state index contributed by atoms with van der Waals surface area (Å²) >= 11 is 1.26. The Morgan fingerprint density at radius 1 is 1.03 bits per heavy atom. The molecule has 14 heteroatoms. The predicted octanol–water partition coefficient (Wildman–Crippen LogP) is 3.35. The Balaban J connectivity index is 1.38. The summed E-state index contributed by atoms with van der Waals surface area (Å²) in [4.78, 5) is 24.2. The first-order valence-electron chi connectivity index (χ1n) is 11.3. The molecule has 1 aromatic carbocycles. The number of alkyl halides is 3. The highest BCUT2D eigenvalue weighted by Gasteiger charge is 2.31. The number of amides is 2. The number of carbonyl (C=O) groups is 2. The van der Waals surface area contributed by atoms with Gasteiger partial charge in [0.2, 0.25) is 10.9 Å². The van der Waals surface area contributed by atoms with Crippen molar-refractivity contribution in [1.82, 2.24) is 25.7 Å². The monoisotopic (exact) mass is 538 g/mol. The highest BCUT2D eigenvalue weighted by Crippen LogP contribution is 2.23. The molecule has 0 unspecified atom stereocenters. The summed E-state index contributed by atoms with van der Waals surface area (Å²) in [6, 6.07) is 8.58. The van der Waals surface area contributed by atoms with E-state index in [0.717, 1.165) is 35.7 Å². The number of aryl methyl sites for hydroxylation is 2. The van der Waals surface area contributed by atoms with Crippen LogP contribution in [0.4, 0.5) is 19.0 Å². The lowest BCUT2D eigenvalue weighted by Crippen LogP contribution is -2.26. The van der Waals surface area contributed by atoms with E-state index in [4.69, 9.17) is 4.74 Å². The van der Waals surface area contributed by atoms with E-state index in [1.165, 1.54) is 23.5 Å². The first-order chi connectivity index (χ1) is 17.7. The molecule has 10 nitrogen and oxygen atoms in total. The van der Waals surface area contributed by atoms with E-state index in [1.54, 1.807) is 19.2 Å². The number of anilines is 1. The number of hydrogen-bond acceptors (Lipinski definition) is 9. The number of benzene rings is 1. The Morgan fingerprint density at radius 2 is 1.84 bits per heavy atom. The van der Waals surface area contributed by atoms with Gasteiger partial charge in [-0.3, -0.25) is 9.59 Å². The number of ether oxygens (including phenoxy) is 2. The SMILES string of the molecule is COCCNC(=O)c1nnc(CCCCc2ccc(NC(=O)Cc3cccc(OC(F)(F)F)c3)nn2)s1. The van der Waals surface area contributed by atoms with Crippen molar-refractivity contribution in [2.75, 3.05) is 25.6 Å². The molecule has 2 heterocycles. The first kappa shape index (κ1) is 27.9. The van der Waals surface area contributed by atoms with E-state index < -0.39 is 18.0 Å². The van der Waals surface area contributed by atoms with Crippen LogP contribution in [0.25, 0.3) is 0 Å². The summed E-state index contributed by atoms with van der Waals surface area (Å²) < 4.78 is 45.8. The van der Waals surface area contributed by atoms with Gasteiger partial charge in [0.05, 0.1) is 18.7 Å². The van der Waals surface area contributed by atoms with Crippen LogP contribution in [0.2, 0.25) is 0 Å². The van der Waals surface area contributed by atoms with Crippen LogP contribution in [-0.4, -0.2) is 58.8 Å². The zero-order valence-electron chi connectivity index (χ0n) is 19.9. The molecule has 3 aromatic rings. The maximum Gasteiger partial charge on any atom is 0.573 e. The van der Waals surface area contributed by atoms with Crippen molar-refractivity contribution in [3.8, 4) is 5.75 Å². The maximum atomic E-state index is 12.4. The maximum absolute atomic E-state index is 12.4. The van der Waals surface area contributed by atoms with Crippen molar-refractivity contribution < 1.29 is 32.2 Å². The predicted molar refractivity (Wildman–Crippen MR) is 128 cm³/mol. The number of nitrogens with zero attached hydrogens (tertiary/aromatic N) is 4. The van der Waals surface area contributed by atoms with Crippen molar-refractivity contribution in [3.05, 3.63) is 57.7 Å². The van der Waals surface area contributed by atoms with Gasteiger partial charge < -0.3 is 20.1 Å². The van der Waals surface area contributed by atoms with E-state index in [9.17, 15) is 22.8 Å². The fourth-order valence-corrected chi connectivity index (χ4v) is 3.95. The molecule has 2 N–H and O–H groups in total. The molecule has 2 aromatic heterocycles. The minimum absolute atomic E-state index is 0.152. The molecule has 0 radical (unpaired) electrons. The highest BCUT2D eigenvalue weighted by atomic mass is 32.1. The quantitative estimate of drug-likeness (QED) is 0.317. The summed E-state index contributed by atoms with van der Waals surface area (Å²) in [5, 5.41) is 22.4. The Labute approximate surface area is 214 Å². The summed E-state index contributed by atoms with van der Waals surface area (Å²) in [6.45, 7) is 0.828. The van der Waals surface area contributed by atoms with Gasteiger partial charge >= 0.3 is 6.36 Å². The standard InChI is InChI=1S/C23H25F3N6O4S/c1-35-12-11-27-21(34)22-32-31-20(37-22)8-3-2-6-16-9-10-18(30-29-16)28-19(33)14-15-5-4-7-17(13-15)36-23(24,25)26/h4-5,7,9-10,13H,2-3,6,8,11-12,14H2,1H3,(H,27,34)(H,28,30,33). The smallest absolute Gasteiger partial charge is 0.406 e. The van der Waals surface area contributed by atoms with Gasteiger partial charge in [-0.25, -0.2) is 0 Å². The van der Waals surface area contributed by atoms with Crippen molar-refractivity contribution in [3.63, 3.8) is 0 Å². The molecule has 0 spiro atoms. The molecule has 0 saturated heterocycles. The molecule has 2 amide bonds. The summed E-state index contributed by atoms with van der Waals surface area (Å²) in [5.41, 5.74) is 1.10. The van der Waals surface area contributed by atoms with Crippen LogP contribution >= 0.6 is 11.3 Å². The van der Waals surface area contributed by atoms with Crippen LogP contribution in [0.1, 0.15) is 38.9 Å². The first-order valence-corrected chi connectivity index (χ1v) is 12.1. The third kappa shape index (κ3) is 10.1. The van der Waals surface area contributed by atoms with Gasteiger partial charge in [0.1, 0.15) is 10.8 Å². The molecule has 0 aliphatic rings. The third-order valence-corrected chi connectivity index (χ3v) is 5.79. The van der Waals surface area contributed by atoms with Gasteiger partial charge in [0.25, 0.3) is 5.91 Å². The van der Waals surface area contributed by atoms with Crippen LogP contribution in [0.15, 0.2) is 36.4 Å². The molecule has 198 valence electrons. The van der Waals surface area contributed by atoms with Crippen molar-refractivity contribution in [2.45, 2.75) is 38.5 Å². The van der Waals surface area contributed by atoms with Gasteiger partial charge in [-0.05, 0) is 49.1 Å². The lowest BCUT2D eigenvalue weighted by Gasteiger charge is -2.10. The van der Waals surface area contributed by atoms with E-state index in [1.807, 2.05) is 0 Å². The fourth-order valence-electron chi connectivity index (χ4n) is 3.16. The molecular weight excluding hydrogens is 513 g/mol. The number of methoxy groups -OCH3 is 1. The third-order valence-electron chi connectivity index (χ3n) is 4.81. The number of rotatable bonds is 13. The molecule has 0 saturated carbocycles. The number of aromatic nitrogens is 4. The number of carbonyl (C=O) groups excluding carboxylic acids is 2. The number of hydrogen-bond donors (Lipinski definition) is 2. The second kappa shape index (κ2) is 13.6. The van der Waals surface area contributed by atoms with Crippen molar-refractivity contribution >= 4 is 29.0 Å². The molecular formula is C23H25F3N6O4S. The lowest BCUT2D eigenvalue weighted by atomic mass is 10.1. The zero-order chi connectivity index (χ0) is 26.7. The normalized spacial score (nSPS) is 11.2. The average Bonchev–Trinajstić information content (AvgIpc) is 3.31. The number of nitrogens with one attached hydrogen (secondary N) is 2. The van der Waals surface area contributed by atoms with Crippen LogP contribution in [0.5, 0.6) is 5.75 Å². The van der Waals surface area contributed by atoms with Crippen LogP contribution < -0.4 is 15.4 Å². The lowest BCUT2D eigenvalue weighted by molar-refractivity contribution is -0.274. The Morgan fingerprint density at radius 3 is 2.57 bits per heavy atom. The van der Waals surface area contributed by atoms with Gasteiger partial charge in [0, 0.05) is 20.1 Å². The van der Waals surface area contributed by atoms with Gasteiger partial charge in [-0.2, -0.15) is 5.10 Å². The molecule has 3 rings (SSSR count). The number of unbranched alkanes of at least 4 members (excludes halogenated alkanes) is 1. The van der Waals surface area contributed by atoms with Crippen LogP contribution in [0, 0.1) is 0 Å². The van der Waals surface area contributed by atoms with Crippen LogP contribution in [-0.2, 0) is 28.8 Å². The minimum Gasteiger partial charge on any atom is -0.406 e. The summed E-state index contributed by atoms with van der Waals surface area (Å²) in [6.07, 6.45) is -1.98. The average molecular weight is 539 g/mol. The second-order valence-corrected chi connectivity index (χ2v) is 8.85. The highest BCUT2D eigenvalue weighted by molar-refractivity contribution is 7.13. The van der Waals surface area contributed by atoms with Crippen molar-refractivity contribution in [1.29, 1.82) is 0 Å². The van der Waals surface area contributed by atoms with Gasteiger partial charge in [0.15, 0.2) is 5.82 Å². The number of halogens is 3. The van der Waals surface area contributed by atoms with E-state index in [0.29, 0.717) is 36.6 Å². The Bertz CT molecular complexity index is 1170. The molecule has 0 aliphatic heterocycles. The van der Waals surface area contributed by atoms with E-state index in [-0.39, 0.29) is 18.1 Å². The summed E-state index contributed by atoms with van der Waals surface area (Å²) in [7, 11) is 1.56. The zero-order valence-corrected chi connectivity index (χ0v) is 20.7. The molecule has 0 atom stereocenters. The van der Waals surface area contributed by atoms with Gasteiger partial charge in [-0.15, -0.1) is 28.5 Å². The molecule has 37 heavy (non-hydrogen) atoms. The van der Waals surface area contributed by atoms with E-state index >= 15 is 0 Å². The van der Waals surface area contributed by atoms with E-state index in [2.05, 4.69) is 35.8 Å². The molecule has 0 bridgehead atoms. The van der Waals surface area contributed by atoms with Gasteiger partial charge in [-0.1, -0.05) is 23.5 Å². The Hall–Kier alpha value is -3.65. The minimum atomic E-state index is -4.80.